The quantitative estimate of drug-likeness (QED) is 0.491. The second-order valence-electron chi connectivity index (χ2n) is 7.34. The van der Waals surface area contributed by atoms with Crippen LogP contribution < -0.4 is 10.9 Å². The molecule has 2 aromatic carbocycles. The summed E-state index contributed by atoms with van der Waals surface area (Å²) in [7, 11) is 1.27. The Hall–Kier alpha value is -4.20. The number of benzene rings is 2. The smallest absolute Gasteiger partial charge is 0.339 e. The number of aromatic nitrogens is 3. The lowest BCUT2D eigenvalue weighted by atomic mass is 10.2. The van der Waals surface area contributed by atoms with E-state index in [4.69, 9.17) is 4.74 Å². The molecule has 2 aromatic heterocycles. The van der Waals surface area contributed by atoms with Gasteiger partial charge in [-0.15, -0.1) is 0 Å². The maximum Gasteiger partial charge on any atom is 0.339 e. The fourth-order valence-corrected chi connectivity index (χ4v) is 3.72. The monoisotopic (exact) mass is 430 g/mol. The first-order valence-corrected chi connectivity index (χ1v) is 10.0. The van der Waals surface area contributed by atoms with E-state index in [2.05, 4.69) is 10.3 Å². The molecule has 4 aromatic rings. The minimum absolute atomic E-state index is 0.232. The zero-order chi connectivity index (χ0) is 22.8. The number of hydrogen-bond acceptors (Lipinski definition) is 5. The lowest BCUT2D eigenvalue weighted by molar-refractivity contribution is -0.116. The molecule has 0 aliphatic carbocycles. The molecule has 8 heteroatoms. The first kappa shape index (κ1) is 21.0. The molecule has 8 nitrogen and oxygen atoms in total. The van der Waals surface area contributed by atoms with E-state index < -0.39 is 11.9 Å². The number of carbonyl (C=O) groups is 2. The molecule has 0 radical (unpaired) electrons. The van der Waals surface area contributed by atoms with Gasteiger partial charge >= 0.3 is 5.97 Å². The van der Waals surface area contributed by atoms with E-state index >= 15 is 0 Å². The van der Waals surface area contributed by atoms with Gasteiger partial charge in [-0.1, -0.05) is 30.3 Å². The van der Waals surface area contributed by atoms with E-state index in [1.807, 2.05) is 48.7 Å². The van der Waals surface area contributed by atoms with E-state index in [0.29, 0.717) is 16.7 Å². The van der Waals surface area contributed by atoms with Crippen LogP contribution in [0, 0.1) is 13.8 Å². The second kappa shape index (κ2) is 8.50. The van der Waals surface area contributed by atoms with Gasteiger partial charge in [-0.05, 0) is 43.7 Å². The summed E-state index contributed by atoms with van der Waals surface area (Å²) in [6, 6.07) is 16.2. The summed E-state index contributed by atoms with van der Waals surface area (Å²) in [6.07, 6.45) is 1.37. The lowest BCUT2D eigenvalue weighted by Gasteiger charge is -2.11. The number of carbonyl (C=O) groups excluding carboxylic acids is 2. The molecular weight excluding hydrogens is 408 g/mol. The molecule has 2 heterocycles. The van der Waals surface area contributed by atoms with Crippen molar-refractivity contribution in [3.05, 3.63) is 88.1 Å². The van der Waals surface area contributed by atoms with Gasteiger partial charge in [0, 0.05) is 11.4 Å². The number of rotatable bonds is 5. The zero-order valence-electron chi connectivity index (χ0n) is 18.0. The Morgan fingerprint density at radius 3 is 2.44 bits per heavy atom. The molecule has 0 saturated carbocycles. The van der Waals surface area contributed by atoms with Crippen LogP contribution in [0.15, 0.2) is 65.7 Å². The molecule has 32 heavy (non-hydrogen) atoms. The van der Waals surface area contributed by atoms with Crippen molar-refractivity contribution >= 4 is 28.6 Å². The number of fused-ring (bicyclic) bond motifs is 1. The lowest BCUT2D eigenvalue weighted by Crippen LogP contribution is -2.28. The summed E-state index contributed by atoms with van der Waals surface area (Å²) >= 11 is 0. The molecule has 0 saturated heterocycles. The second-order valence-corrected chi connectivity index (χ2v) is 7.34. The number of esters is 1. The zero-order valence-corrected chi connectivity index (χ0v) is 18.0. The molecule has 1 N–H and O–H groups in total. The van der Waals surface area contributed by atoms with Crippen LogP contribution in [0.1, 0.15) is 21.6 Å². The minimum atomic E-state index is -0.561. The standard InChI is InChI=1S/C24H22N4O4/c1-15-16(2)28(17-9-5-4-6-10-17)22-21(15)23(30)27(14-25-22)13-20(29)26-19-12-8-7-11-18(19)24(31)32-3/h4-12,14H,13H2,1-3H3,(H,26,29). The Morgan fingerprint density at radius 2 is 1.72 bits per heavy atom. The van der Waals surface area contributed by atoms with Crippen molar-refractivity contribution in [2.45, 2.75) is 20.4 Å². The summed E-state index contributed by atoms with van der Waals surface area (Å²) < 4.78 is 7.95. The average molecular weight is 430 g/mol. The van der Waals surface area contributed by atoms with Crippen molar-refractivity contribution in [3.63, 3.8) is 0 Å². The highest BCUT2D eigenvalue weighted by molar-refractivity contribution is 6.01. The number of amides is 1. The summed E-state index contributed by atoms with van der Waals surface area (Å²) in [6.45, 7) is 3.56. The highest BCUT2D eigenvalue weighted by Gasteiger charge is 2.19. The molecular formula is C24H22N4O4. The highest BCUT2D eigenvalue weighted by Crippen LogP contribution is 2.24. The van der Waals surface area contributed by atoms with E-state index in [9.17, 15) is 14.4 Å². The van der Waals surface area contributed by atoms with E-state index in [1.54, 1.807) is 24.3 Å². The first-order valence-electron chi connectivity index (χ1n) is 10.0. The molecule has 0 aliphatic heterocycles. The maximum absolute atomic E-state index is 13.2. The predicted molar refractivity (Wildman–Crippen MR) is 121 cm³/mol. The molecule has 0 atom stereocenters. The van der Waals surface area contributed by atoms with Crippen molar-refractivity contribution in [2.75, 3.05) is 12.4 Å². The summed E-state index contributed by atoms with van der Waals surface area (Å²) in [5.41, 5.74) is 3.41. The van der Waals surface area contributed by atoms with Crippen LogP contribution in [-0.2, 0) is 16.1 Å². The Kier molecular flexibility index (Phi) is 5.59. The topological polar surface area (TPSA) is 95.2 Å². The SMILES string of the molecule is COC(=O)c1ccccc1NC(=O)Cn1cnc2c(c(C)c(C)n2-c2ccccc2)c1=O. The largest absolute Gasteiger partial charge is 0.465 e. The highest BCUT2D eigenvalue weighted by atomic mass is 16.5. The number of anilines is 1. The molecule has 1 amide bonds. The van der Waals surface area contributed by atoms with Crippen LogP contribution in [0.2, 0.25) is 0 Å². The Labute approximate surface area is 184 Å². The van der Waals surface area contributed by atoms with E-state index in [0.717, 1.165) is 16.9 Å². The van der Waals surface area contributed by atoms with Crippen LogP contribution in [0.4, 0.5) is 5.69 Å². The van der Waals surface area contributed by atoms with Gasteiger partial charge in [-0.25, -0.2) is 9.78 Å². The molecule has 162 valence electrons. The average Bonchev–Trinajstić information content (AvgIpc) is 3.06. The third-order valence-electron chi connectivity index (χ3n) is 5.42. The molecule has 0 bridgehead atoms. The van der Waals surface area contributed by atoms with E-state index in [-0.39, 0.29) is 17.7 Å². The van der Waals surface area contributed by atoms with Gasteiger partial charge < -0.3 is 10.1 Å². The predicted octanol–water partition coefficient (Wildman–Crippen LogP) is 3.23. The minimum Gasteiger partial charge on any atom is -0.465 e. The van der Waals surface area contributed by atoms with Crippen LogP contribution in [-0.4, -0.2) is 33.1 Å². The summed E-state index contributed by atoms with van der Waals surface area (Å²) in [5.74, 6) is -1.02. The Morgan fingerprint density at radius 1 is 1.03 bits per heavy atom. The molecule has 0 unspecified atom stereocenters. The molecule has 4 rings (SSSR count). The molecule has 0 aliphatic rings. The van der Waals surface area contributed by atoms with Crippen LogP contribution in [0.25, 0.3) is 16.7 Å². The number of nitrogens with one attached hydrogen (secondary N) is 1. The summed E-state index contributed by atoms with van der Waals surface area (Å²) in [4.78, 5) is 42.3. The third-order valence-corrected chi connectivity index (χ3v) is 5.42. The van der Waals surface area contributed by atoms with Crippen molar-refractivity contribution in [2.24, 2.45) is 0 Å². The normalized spacial score (nSPS) is 10.8. The van der Waals surface area contributed by atoms with Gasteiger partial charge in [0.15, 0.2) is 5.65 Å². The first-order chi connectivity index (χ1) is 15.4. The van der Waals surface area contributed by atoms with Gasteiger partial charge in [-0.2, -0.15) is 0 Å². The number of ether oxygens (including phenoxy) is 1. The number of nitrogens with zero attached hydrogens (tertiary/aromatic N) is 3. The Balaban J connectivity index is 1.68. The fraction of sp³-hybridized carbons (Fsp3) is 0.167. The fourth-order valence-electron chi connectivity index (χ4n) is 3.72. The van der Waals surface area contributed by atoms with Gasteiger partial charge in [-0.3, -0.25) is 18.7 Å². The van der Waals surface area contributed by atoms with Crippen LogP contribution in [0.5, 0.6) is 0 Å². The van der Waals surface area contributed by atoms with E-state index in [1.165, 1.54) is 18.0 Å². The van der Waals surface area contributed by atoms with Gasteiger partial charge in [0.2, 0.25) is 5.91 Å². The number of aryl methyl sites for hydroxylation is 1. The van der Waals surface area contributed by atoms with Crippen molar-refractivity contribution in [1.82, 2.24) is 14.1 Å². The number of methoxy groups -OCH3 is 1. The molecule has 0 fully saturated rings. The van der Waals surface area contributed by atoms with Crippen LogP contribution >= 0.6 is 0 Å². The maximum atomic E-state index is 13.2. The van der Waals surface area contributed by atoms with Crippen molar-refractivity contribution in [1.29, 1.82) is 0 Å². The van der Waals surface area contributed by atoms with Gasteiger partial charge in [0.1, 0.15) is 12.9 Å². The van der Waals surface area contributed by atoms with Gasteiger partial charge in [0.05, 0.1) is 23.7 Å². The summed E-state index contributed by atoms with van der Waals surface area (Å²) in [5, 5.41) is 3.14. The molecule has 0 spiro atoms. The third kappa shape index (κ3) is 3.66. The van der Waals surface area contributed by atoms with Crippen molar-refractivity contribution in [3.8, 4) is 5.69 Å². The van der Waals surface area contributed by atoms with Crippen molar-refractivity contribution < 1.29 is 14.3 Å². The number of para-hydroxylation sites is 2. The number of hydrogen-bond donors (Lipinski definition) is 1. The Bertz CT molecular complexity index is 1390. The van der Waals surface area contributed by atoms with Gasteiger partial charge in [0.25, 0.3) is 5.56 Å². The van der Waals surface area contributed by atoms with Crippen LogP contribution in [0.3, 0.4) is 0 Å².